The van der Waals surface area contributed by atoms with Crippen molar-refractivity contribution in [2.45, 2.75) is 6.18 Å². The lowest BCUT2D eigenvalue weighted by Crippen LogP contribution is -2.11. The lowest BCUT2D eigenvalue weighted by molar-refractivity contribution is -0.137. The number of hydrogen-bond acceptors (Lipinski definition) is 4. The Hall–Kier alpha value is -3.61. The summed E-state index contributed by atoms with van der Waals surface area (Å²) in [4.78, 5) is 16.6. The van der Waals surface area contributed by atoms with Gasteiger partial charge in [0, 0.05) is 11.6 Å². The largest absolute Gasteiger partial charge is 0.436 e. The summed E-state index contributed by atoms with van der Waals surface area (Å²) in [6.45, 7) is 0. The summed E-state index contributed by atoms with van der Waals surface area (Å²) >= 11 is 0. The van der Waals surface area contributed by atoms with Crippen molar-refractivity contribution in [1.82, 2.24) is 4.98 Å². The van der Waals surface area contributed by atoms with Gasteiger partial charge in [0.1, 0.15) is 11.3 Å². The van der Waals surface area contributed by atoms with Crippen LogP contribution >= 0.6 is 0 Å². The van der Waals surface area contributed by atoms with Gasteiger partial charge in [0.2, 0.25) is 5.89 Å². The summed E-state index contributed by atoms with van der Waals surface area (Å²) in [5.41, 5.74) is 0.643. The number of alkyl halides is 3. The molecule has 0 aliphatic heterocycles. The monoisotopic (exact) mass is 383 g/mol. The van der Waals surface area contributed by atoms with Gasteiger partial charge in [0.05, 0.1) is 11.1 Å². The van der Waals surface area contributed by atoms with E-state index in [2.05, 4.69) is 4.98 Å². The van der Waals surface area contributed by atoms with Gasteiger partial charge >= 0.3 is 12.1 Å². The van der Waals surface area contributed by atoms with Crippen LogP contribution in [0.3, 0.4) is 0 Å². The molecule has 0 bridgehead atoms. The number of hydrogen-bond donors (Lipinski definition) is 0. The lowest BCUT2D eigenvalue weighted by Gasteiger charge is -2.08. The minimum atomic E-state index is -4.54. The summed E-state index contributed by atoms with van der Waals surface area (Å²) < 4.78 is 49.3. The summed E-state index contributed by atoms with van der Waals surface area (Å²) in [5.74, 6) is -0.337. The first-order valence-electron chi connectivity index (χ1n) is 8.25. The lowest BCUT2D eigenvalue weighted by atomic mass is 10.1. The molecule has 28 heavy (non-hydrogen) atoms. The Bertz CT molecular complexity index is 1150. The maximum Gasteiger partial charge on any atom is 0.416 e. The van der Waals surface area contributed by atoms with Gasteiger partial charge in [0.25, 0.3) is 0 Å². The number of carbonyl (C=O) groups excluding carboxylic acids is 1. The molecule has 0 amide bonds. The van der Waals surface area contributed by atoms with E-state index in [9.17, 15) is 18.0 Å². The fourth-order valence-corrected chi connectivity index (χ4v) is 2.66. The summed E-state index contributed by atoms with van der Waals surface area (Å²) in [6, 6.07) is 17.9. The second kappa shape index (κ2) is 6.84. The van der Waals surface area contributed by atoms with Crippen molar-refractivity contribution in [1.29, 1.82) is 0 Å². The number of oxazole rings is 1. The van der Waals surface area contributed by atoms with E-state index in [1.165, 1.54) is 18.2 Å². The fourth-order valence-electron chi connectivity index (χ4n) is 2.66. The highest BCUT2D eigenvalue weighted by Crippen LogP contribution is 2.30. The molecule has 0 saturated heterocycles. The molecule has 4 rings (SSSR count). The highest BCUT2D eigenvalue weighted by atomic mass is 19.4. The maximum absolute atomic E-state index is 12.8. The minimum absolute atomic E-state index is 0.144. The average Bonchev–Trinajstić information content (AvgIpc) is 3.11. The Balaban J connectivity index is 1.59. The second-order valence-corrected chi connectivity index (χ2v) is 5.98. The van der Waals surface area contributed by atoms with Crippen LogP contribution in [0.25, 0.3) is 22.6 Å². The third-order valence-electron chi connectivity index (χ3n) is 4.02. The zero-order chi connectivity index (χ0) is 19.7. The molecule has 140 valence electrons. The summed E-state index contributed by atoms with van der Waals surface area (Å²) in [7, 11) is 0. The van der Waals surface area contributed by atoms with Gasteiger partial charge in [-0.2, -0.15) is 13.2 Å². The van der Waals surface area contributed by atoms with Crippen molar-refractivity contribution in [3.8, 4) is 17.2 Å². The first-order chi connectivity index (χ1) is 13.4. The molecule has 0 aliphatic carbocycles. The van der Waals surface area contributed by atoms with E-state index < -0.39 is 17.7 Å². The van der Waals surface area contributed by atoms with Gasteiger partial charge in [-0.25, -0.2) is 9.78 Å². The molecule has 0 aliphatic rings. The molecule has 0 unspecified atom stereocenters. The van der Waals surface area contributed by atoms with E-state index in [1.807, 2.05) is 30.3 Å². The van der Waals surface area contributed by atoms with Crippen LogP contribution < -0.4 is 4.74 Å². The Morgan fingerprint density at radius 1 is 0.929 bits per heavy atom. The van der Waals surface area contributed by atoms with Crippen molar-refractivity contribution in [3.63, 3.8) is 0 Å². The standard InChI is InChI=1S/C21H12F3NO3/c22-21(23,24)15-8-4-7-14(11-15)20(26)27-16-9-10-17-18(12-16)28-19(25-17)13-5-2-1-3-6-13/h1-12H. The van der Waals surface area contributed by atoms with Crippen LogP contribution in [0.4, 0.5) is 13.2 Å². The molecule has 7 heteroatoms. The van der Waals surface area contributed by atoms with E-state index >= 15 is 0 Å². The number of fused-ring (bicyclic) bond motifs is 1. The second-order valence-electron chi connectivity index (χ2n) is 5.98. The Morgan fingerprint density at radius 3 is 2.46 bits per heavy atom. The molecule has 0 saturated carbocycles. The van der Waals surface area contributed by atoms with Crippen molar-refractivity contribution < 1.29 is 27.1 Å². The number of rotatable bonds is 3. The summed E-state index contributed by atoms with van der Waals surface area (Å²) in [6.07, 6.45) is -4.54. The van der Waals surface area contributed by atoms with Gasteiger partial charge in [-0.05, 0) is 42.5 Å². The molecule has 3 aromatic carbocycles. The predicted molar refractivity (Wildman–Crippen MR) is 95.8 cm³/mol. The highest BCUT2D eigenvalue weighted by molar-refractivity contribution is 5.91. The van der Waals surface area contributed by atoms with E-state index in [0.717, 1.165) is 23.8 Å². The number of carbonyl (C=O) groups is 1. The molecule has 4 aromatic rings. The zero-order valence-electron chi connectivity index (χ0n) is 14.2. The molecule has 0 fully saturated rings. The normalized spacial score (nSPS) is 11.5. The summed E-state index contributed by atoms with van der Waals surface area (Å²) in [5, 5.41) is 0. The first-order valence-corrected chi connectivity index (χ1v) is 8.25. The SMILES string of the molecule is O=C(Oc1ccc2nc(-c3ccccc3)oc2c1)c1cccc(C(F)(F)F)c1. The van der Waals surface area contributed by atoms with E-state index in [4.69, 9.17) is 9.15 Å². The molecule has 1 heterocycles. The molecule has 0 radical (unpaired) electrons. The van der Waals surface area contributed by atoms with E-state index in [-0.39, 0.29) is 11.3 Å². The van der Waals surface area contributed by atoms with Crippen molar-refractivity contribution in [3.05, 3.63) is 83.9 Å². The molecule has 1 aromatic heterocycles. The van der Waals surface area contributed by atoms with Crippen LogP contribution in [0.5, 0.6) is 5.75 Å². The molecule has 0 N–H and O–H groups in total. The number of esters is 1. The van der Waals surface area contributed by atoms with Crippen LogP contribution in [-0.4, -0.2) is 11.0 Å². The van der Waals surface area contributed by atoms with Crippen LogP contribution in [0.1, 0.15) is 15.9 Å². The number of halogens is 3. The Morgan fingerprint density at radius 2 is 1.71 bits per heavy atom. The van der Waals surface area contributed by atoms with Gasteiger partial charge < -0.3 is 9.15 Å². The van der Waals surface area contributed by atoms with Gasteiger partial charge in [-0.3, -0.25) is 0 Å². The topological polar surface area (TPSA) is 52.3 Å². The number of benzene rings is 3. The molecule has 0 atom stereocenters. The number of ether oxygens (including phenoxy) is 1. The van der Waals surface area contributed by atoms with Gasteiger partial charge in [0.15, 0.2) is 5.58 Å². The van der Waals surface area contributed by atoms with Crippen LogP contribution in [0, 0.1) is 0 Å². The number of nitrogens with zero attached hydrogens (tertiary/aromatic N) is 1. The predicted octanol–water partition coefficient (Wildman–Crippen LogP) is 5.73. The number of aromatic nitrogens is 1. The highest BCUT2D eigenvalue weighted by Gasteiger charge is 2.31. The zero-order valence-corrected chi connectivity index (χ0v) is 14.2. The molecule has 0 spiro atoms. The van der Waals surface area contributed by atoms with Crippen LogP contribution in [-0.2, 0) is 6.18 Å². The third-order valence-corrected chi connectivity index (χ3v) is 4.02. The smallest absolute Gasteiger partial charge is 0.416 e. The molecular weight excluding hydrogens is 371 g/mol. The molecular formula is C21H12F3NO3. The van der Waals surface area contributed by atoms with Crippen LogP contribution in [0.15, 0.2) is 77.2 Å². The Labute approximate surface area is 157 Å². The quantitative estimate of drug-likeness (QED) is 0.335. The van der Waals surface area contributed by atoms with Gasteiger partial charge in [-0.15, -0.1) is 0 Å². The van der Waals surface area contributed by atoms with E-state index in [1.54, 1.807) is 6.07 Å². The van der Waals surface area contributed by atoms with Gasteiger partial charge in [-0.1, -0.05) is 24.3 Å². The molecule has 4 nitrogen and oxygen atoms in total. The first kappa shape index (κ1) is 17.8. The Kier molecular flexibility index (Phi) is 4.35. The van der Waals surface area contributed by atoms with Crippen molar-refractivity contribution >= 4 is 17.1 Å². The van der Waals surface area contributed by atoms with Crippen molar-refractivity contribution in [2.24, 2.45) is 0 Å². The van der Waals surface area contributed by atoms with Crippen LogP contribution in [0.2, 0.25) is 0 Å². The minimum Gasteiger partial charge on any atom is -0.436 e. The average molecular weight is 383 g/mol. The van der Waals surface area contributed by atoms with Crippen molar-refractivity contribution in [2.75, 3.05) is 0 Å². The maximum atomic E-state index is 12.8. The van der Waals surface area contributed by atoms with E-state index in [0.29, 0.717) is 17.0 Å². The third kappa shape index (κ3) is 3.59. The fraction of sp³-hybridized carbons (Fsp3) is 0.0476.